The fourth-order valence-corrected chi connectivity index (χ4v) is 3.89. The van der Waals surface area contributed by atoms with Gasteiger partial charge in [0, 0.05) is 29.4 Å². The average Bonchev–Trinajstić information content (AvgIpc) is 2.79. The summed E-state index contributed by atoms with van der Waals surface area (Å²) in [6, 6.07) is 17.6. The summed E-state index contributed by atoms with van der Waals surface area (Å²) >= 11 is 6.03. The van der Waals surface area contributed by atoms with Crippen molar-refractivity contribution >= 4 is 34.7 Å². The van der Waals surface area contributed by atoms with Gasteiger partial charge in [-0.05, 0) is 53.8 Å². The highest BCUT2D eigenvalue weighted by Crippen LogP contribution is 2.33. The normalized spacial score (nSPS) is 13.7. The van der Waals surface area contributed by atoms with Crippen molar-refractivity contribution in [2.24, 2.45) is 0 Å². The molecule has 0 radical (unpaired) electrons. The Morgan fingerprint density at radius 2 is 1.97 bits per heavy atom. The lowest BCUT2D eigenvalue weighted by molar-refractivity contribution is -0.139. The van der Waals surface area contributed by atoms with Gasteiger partial charge in [0.05, 0.1) is 24.2 Å². The van der Waals surface area contributed by atoms with Crippen molar-refractivity contribution in [3.63, 3.8) is 0 Å². The average molecular weight is 447 g/mol. The number of nitrogens with one attached hydrogen (secondary N) is 1. The molecule has 2 heterocycles. The number of hydrogen-bond donors (Lipinski definition) is 1. The van der Waals surface area contributed by atoms with Gasteiger partial charge < -0.3 is 10.1 Å². The summed E-state index contributed by atoms with van der Waals surface area (Å²) in [5.74, 6) is -0.380. The Hall–Kier alpha value is -3.44. The summed E-state index contributed by atoms with van der Waals surface area (Å²) in [6.07, 6.45) is 5.77. The molecule has 3 aromatic rings. The van der Waals surface area contributed by atoms with Gasteiger partial charge in [-0.1, -0.05) is 48.0 Å². The van der Waals surface area contributed by atoms with E-state index in [1.807, 2.05) is 42.5 Å². The van der Waals surface area contributed by atoms with E-state index in [9.17, 15) is 9.59 Å². The van der Waals surface area contributed by atoms with Crippen LogP contribution in [0, 0.1) is 0 Å². The van der Waals surface area contributed by atoms with E-state index in [4.69, 9.17) is 16.3 Å². The molecule has 0 atom stereocenters. The zero-order valence-corrected chi connectivity index (χ0v) is 18.5. The molecule has 1 aromatic heterocycles. The Balaban J connectivity index is 1.81. The van der Waals surface area contributed by atoms with Gasteiger partial charge in [0.1, 0.15) is 0 Å². The van der Waals surface area contributed by atoms with Gasteiger partial charge in [0.25, 0.3) is 0 Å². The third-order valence-corrected chi connectivity index (χ3v) is 5.60. The smallest absolute Gasteiger partial charge is 0.309 e. The van der Waals surface area contributed by atoms with Crippen LogP contribution in [0.15, 0.2) is 66.9 Å². The number of esters is 1. The van der Waals surface area contributed by atoms with E-state index < -0.39 is 0 Å². The molecule has 4 rings (SSSR count). The first-order valence-electron chi connectivity index (χ1n) is 10.5. The summed E-state index contributed by atoms with van der Waals surface area (Å²) in [7, 11) is 1.37. The van der Waals surface area contributed by atoms with Crippen molar-refractivity contribution < 1.29 is 14.3 Å². The minimum atomic E-state index is -0.323. The van der Waals surface area contributed by atoms with Gasteiger partial charge in [-0.15, -0.1) is 0 Å². The molecule has 1 aliphatic heterocycles. The molecule has 1 aliphatic rings. The van der Waals surface area contributed by atoms with Gasteiger partial charge in [-0.25, -0.2) is 0 Å². The highest BCUT2D eigenvalue weighted by Gasteiger charge is 2.15. The summed E-state index contributed by atoms with van der Waals surface area (Å²) in [6.45, 7) is 0. The number of halogens is 1. The Morgan fingerprint density at radius 1 is 1.12 bits per heavy atom. The minimum Gasteiger partial charge on any atom is -0.469 e. The Bertz CT molecular complexity index is 1190. The van der Waals surface area contributed by atoms with Gasteiger partial charge >= 0.3 is 5.97 Å². The molecule has 0 aliphatic carbocycles. The van der Waals surface area contributed by atoms with Crippen molar-refractivity contribution in [3.8, 4) is 11.1 Å². The molecule has 5 nitrogen and oxygen atoms in total. The number of fused-ring (bicyclic) bond motifs is 4. The fourth-order valence-electron chi connectivity index (χ4n) is 3.78. The largest absolute Gasteiger partial charge is 0.469 e. The van der Waals surface area contributed by atoms with E-state index in [1.54, 1.807) is 6.20 Å². The molecule has 32 heavy (non-hydrogen) atoms. The van der Waals surface area contributed by atoms with Crippen LogP contribution < -0.4 is 5.32 Å². The van der Waals surface area contributed by atoms with E-state index >= 15 is 0 Å². The van der Waals surface area contributed by atoms with Crippen LogP contribution in [0.1, 0.15) is 36.1 Å². The van der Waals surface area contributed by atoms with Crippen LogP contribution in [0.3, 0.4) is 0 Å². The molecule has 162 valence electrons. The minimum absolute atomic E-state index is 0.0576. The van der Waals surface area contributed by atoms with E-state index in [-0.39, 0.29) is 18.3 Å². The quantitative estimate of drug-likeness (QED) is 0.526. The first-order valence-corrected chi connectivity index (χ1v) is 10.8. The predicted octanol–water partition coefficient (Wildman–Crippen LogP) is 5.67. The first-order chi connectivity index (χ1) is 15.5. The molecule has 0 saturated carbocycles. The van der Waals surface area contributed by atoms with Gasteiger partial charge in [0.2, 0.25) is 5.91 Å². The maximum Gasteiger partial charge on any atom is 0.309 e. The number of carbonyl (C=O) groups excluding carboxylic acids is 2. The Kier molecular flexibility index (Phi) is 6.66. The number of aromatic nitrogens is 1. The highest BCUT2D eigenvalue weighted by molar-refractivity contribution is 6.30. The molecule has 2 bridgehead atoms. The SMILES string of the molecule is COC(=O)Cc1ccc2c(c1)NC(=O)CCCC=C(c1ccc(Cl)cn1)c1cccc-2c1. The van der Waals surface area contributed by atoms with E-state index in [0.29, 0.717) is 23.6 Å². The summed E-state index contributed by atoms with van der Waals surface area (Å²) in [5.41, 5.74) is 6.19. The van der Waals surface area contributed by atoms with Crippen LogP contribution in [0.2, 0.25) is 5.02 Å². The molecule has 1 N–H and O–H groups in total. The lowest BCUT2D eigenvalue weighted by Gasteiger charge is -2.16. The molecule has 0 unspecified atom stereocenters. The second-order valence-electron chi connectivity index (χ2n) is 7.63. The Labute approximate surface area is 192 Å². The van der Waals surface area contributed by atoms with Crippen molar-refractivity contribution in [2.75, 3.05) is 12.4 Å². The second-order valence-corrected chi connectivity index (χ2v) is 8.07. The van der Waals surface area contributed by atoms with Crippen LogP contribution >= 0.6 is 11.6 Å². The third kappa shape index (κ3) is 5.06. The molecule has 2 aromatic carbocycles. The number of allylic oxidation sites excluding steroid dienone is 1. The van der Waals surface area contributed by atoms with Crippen molar-refractivity contribution in [3.05, 3.63) is 88.7 Å². The third-order valence-electron chi connectivity index (χ3n) is 5.38. The standard InChI is InChI=1S/C26H23ClN2O3/c1-32-26(31)14-17-9-11-22-19-6-4-5-18(15-19)21(23-12-10-20(27)16-28-23)7-2-3-8-25(30)29-24(22)13-17/h4-7,9-13,15-16H,2-3,8,14H2,1H3,(H,29,30). The van der Waals surface area contributed by atoms with E-state index in [2.05, 4.69) is 28.5 Å². The van der Waals surface area contributed by atoms with E-state index in [1.165, 1.54) is 7.11 Å². The van der Waals surface area contributed by atoms with Gasteiger partial charge in [0.15, 0.2) is 0 Å². The number of methoxy groups -OCH3 is 1. The lowest BCUT2D eigenvalue weighted by Crippen LogP contribution is -2.13. The lowest BCUT2D eigenvalue weighted by atomic mass is 9.94. The zero-order valence-electron chi connectivity index (χ0n) is 17.7. The summed E-state index contributed by atoms with van der Waals surface area (Å²) < 4.78 is 4.78. The van der Waals surface area contributed by atoms with Crippen LogP contribution in [0.25, 0.3) is 16.7 Å². The van der Waals surface area contributed by atoms with E-state index in [0.717, 1.165) is 39.9 Å². The highest BCUT2D eigenvalue weighted by atomic mass is 35.5. The van der Waals surface area contributed by atoms with Crippen molar-refractivity contribution in [1.29, 1.82) is 0 Å². The fraction of sp³-hybridized carbons (Fsp3) is 0.192. The van der Waals surface area contributed by atoms with Crippen molar-refractivity contribution in [1.82, 2.24) is 4.98 Å². The first kappa shape index (κ1) is 21.8. The number of benzene rings is 2. The molecule has 1 amide bonds. The maximum absolute atomic E-state index is 12.6. The number of anilines is 1. The molecular weight excluding hydrogens is 424 g/mol. The van der Waals surface area contributed by atoms with Gasteiger partial charge in [-0.3, -0.25) is 14.6 Å². The van der Waals surface area contributed by atoms with Crippen LogP contribution in [0.5, 0.6) is 0 Å². The zero-order chi connectivity index (χ0) is 22.5. The maximum atomic E-state index is 12.6. The predicted molar refractivity (Wildman–Crippen MR) is 126 cm³/mol. The summed E-state index contributed by atoms with van der Waals surface area (Å²) in [4.78, 5) is 28.8. The number of pyridine rings is 1. The topological polar surface area (TPSA) is 68.3 Å². The number of hydrogen-bond acceptors (Lipinski definition) is 4. The number of nitrogens with zero attached hydrogens (tertiary/aromatic N) is 1. The molecule has 0 saturated heterocycles. The number of rotatable bonds is 3. The Morgan fingerprint density at radius 3 is 2.75 bits per heavy atom. The number of amides is 1. The van der Waals surface area contributed by atoms with Gasteiger partial charge in [-0.2, -0.15) is 0 Å². The second kappa shape index (κ2) is 9.79. The van der Waals surface area contributed by atoms with Crippen LogP contribution in [-0.2, 0) is 20.7 Å². The van der Waals surface area contributed by atoms with Crippen LogP contribution in [0.4, 0.5) is 5.69 Å². The number of carbonyl (C=O) groups is 2. The number of ether oxygens (including phenoxy) is 1. The molecule has 0 fully saturated rings. The molecular formula is C26H23ClN2O3. The monoisotopic (exact) mass is 446 g/mol. The van der Waals surface area contributed by atoms with Crippen LogP contribution in [-0.4, -0.2) is 24.0 Å². The molecule has 6 heteroatoms. The molecule has 0 spiro atoms. The summed E-state index contributed by atoms with van der Waals surface area (Å²) in [5, 5.41) is 3.62. The van der Waals surface area contributed by atoms with Crippen molar-refractivity contribution in [2.45, 2.75) is 25.7 Å².